The Morgan fingerprint density at radius 2 is 1.64 bits per heavy atom. The summed E-state index contributed by atoms with van der Waals surface area (Å²) >= 11 is 1.48. The van der Waals surface area contributed by atoms with Crippen molar-refractivity contribution < 1.29 is 18.6 Å². The fraction of sp³-hybridized carbons (Fsp3) is 0.188. The van der Waals surface area contributed by atoms with Gasteiger partial charge in [0.1, 0.15) is 10.8 Å². The summed E-state index contributed by atoms with van der Waals surface area (Å²) in [6.07, 6.45) is 0. The quantitative estimate of drug-likeness (QED) is 0.725. The van der Waals surface area contributed by atoms with Gasteiger partial charge in [-0.2, -0.15) is 0 Å². The second-order valence-electron chi connectivity index (χ2n) is 4.55. The summed E-state index contributed by atoms with van der Waals surface area (Å²) in [5.74, 6) is 1.35. The molecule has 0 atom stereocenters. The maximum Gasteiger partial charge on any atom is 0.203 e. The molecule has 4 nitrogen and oxygen atoms in total. The number of nitrogens with zero attached hydrogens (tertiary/aromatic N) is 1. The van der Waals surface area contributed by atoms with Crippen LogP contribution in [0.4, 0.5) is 4.39 Å². The van der Waals surface area contributed by atoms with Crippen LogP contribution >= 0.6 is 11.3 Å². The number of aromatic nitrogens is 1. The molecule has 0 spiro atoms. The molecule has 0 aliphatic rings. The molecule has 3 rings (SSSR count). The van der Waals surface area contributed by atoms with Gasteiger partial charge in [-0.15, -0.1) is 11.3 Å². The topological polar surface area (TPSA) is 40.6 Å². The number of methoxy groups -OCH3 is 3. The minimum atomic E-state index is -0.297. The Labute approximate surface area is 131 Å². The first-order valence-electron chi connectivity index (χ1n) is 6.52. The van der Waals surface area contributed by atoms with Gasteiger partial charge >= 0.3 is 0 Å². The maximum atomic E-state index is 13.3. The molecule has 1 heterocycles. The minimum absolute atomic E-state index is 0.297. The molecule has 0 bridgehead atoms. The molecule has 0 amide bonds. The maximum absolute atomic E-state index is 13.3. The lowest BCUT2D eigenvalue weighted by Crippen LogP contribution is -1.95. The smallest absolute Gasteiger partial charge is 0.203 e. The average Bonchev–Trinajstić information content (AvgIpc) is 2.96. The Hall–Kier alpha value is -2.34. The molecule has 0 aliphatic heterocycles. The molecule has 0 saturated carbocycles. The Morgan fingerprint density at radius 3 is 2.23 bits per heavy atom. The highest BCUT2D eigenvalue weighted by Crippen LogP contribution is 2.42. The molecule has 3 aromatic rings. The van der Waals surface area contributed by atoms with Crippen molar-refractivity contribution in [3.8, 4) is 27.8 Å². The second-order valence-corrected chi connectivity index (χ2v) is 5.58. The van der Waals surface area contributed by atoms with E-state index in [-0.39, 0.29) is 5.82 Å². The zero-order chi connectivity index (χ0) is 15.7. The fourth-order valence-corrected chi connectivity index (χ4v) is 3.16. The number of hydrogen-bond donors (Lipinski definition) is 0. The van der Waals surface area contributed by atoms with E-state index in [0.29, 0.717) is 22.8 Å². The lowest BCUT2D eigenvalue weighted by atomic mass is 10.2. The first-order chi connectivity index (χ1) is 10.7. The average molecular weight is 319 g/mol. The summed E-state index contributed by atoms with van der Waals surface area (Å²) in [4.78, 5) is 4.48. The number of ether oxygens (including phenoxy) is 3. The van der Waals surface area contributed by atoms with Crippen LogP contribution in [0.3, 0.4) is 0 Å². The third-order valence-corrected chi connectivity index (χ3v) is 4.35. The summed E-state index contributed by atoms with van der Waals surface area (Å²) < 4.78 is 30.2. The molecule has 22 heavy (non-hydrogen) atoms. The highest BCUT2D eigenvalue weighted by molar-refractivity contribution is 7.21. The van der Waals surface area contributed by atoms with E-state index in [9.17, 15) is 4.39 Å². The van der Waals surface area contributed by atoms with Crippen molar-refractivity contribution in [1.29, 1.82) is 0 Å². The van der Waals surface area contributed by atoms with Crippen LogP contribution in [-0.2, 0) is 0 Å². The number of halogens is 1. The van der Waals surface area contributed by atoms with Gasteiger partial charge in [-0.1, -0.05) is 0 Å². The van der Waals surface area contributed by atoms with Crippen molar-refractivity contribution in [2.45, 2.75) is 0 Å². The van der Waals surface area contributed by atoms with E-state index >= 15 is 0 Å². The number of thiazole rings is 1. The third kappa shape index (κ3) is 2.46. The van der Waals surface area contributed by atoms with Crippen molar-refractivity contribution in [3.05, 3.63) is 36.1 Å². The predicted octanol–water partition coefficient (Wildman–Crippen LogP) is 4.13. The molecule has 6 heteroatoms. The van der Waals surface area contributed by atoms with Gasteiger partial charge in [0.15, 0.2) is 11.5 Å². The number of hydrogen-bond acceptors (Lipinski definition) is 5. The van der Waals surface area contributed by atoms with Crippen LogP contribution in [0, 0.1) is 5.82 Å². The Kier molecular flexibility index (Phi) is 3.85. The summed E-state index contributed by atoms with van der Waals surface area (Å²) in [7, 11) is 4.68. The molecule has 1 aromatic heterocycles. The monoisotopic (exact) mass is 319 g/mol. The van der Waals surface area contributed by atoms with E-state index in [1.165, 1.54) is 23.5 Å². The molecule has 114 valence electrons. The molecule has 0 radical (unpaired) electrons. The van der Waals surface area contributed by atoms with E-state index < -0.39 is 0 Å². The SMILES string of the molecule is COc1cc(-c2nc3cc(F)ccc3s2)cc(OC)c1OC. The molecular weight excluding hydrogens is 305 g/mol. The van der Waals surface area contributed by atoms with Crippen molar-refractivity contribution in [2.75, 3.05) is 21.3 Å². The van der Waals surface area contributed by atoms with E-state index in [1.54, 1.807) is 27.4 Å². The first kappa shape index (κ1) is 14.6. The third-order valence-electron chi connectivity index (χ3n) is 3.26. The second kappa shape index (κ2) is 5.81. The molecule has 0 N–H and O–H groups in total. The number of fused-ring (bicyclic) bond motifs is 1. The molecule has 0 aliphatic carbocycles. The van der Waals surface area contributed by atoms with E-state index in [1.807, 2.05) is 12.1 Å². The van der Waals surface area contributed by atoms with Crippen LogP contribution in [0.15, 0.2) is 30.3 Å². The van der Waals surface area contributed by atoms with Crippen LogP contribution in [0.1, 0.15) is 0 Å². The van der Waals surface area contributed by atoms with Gasteiger partial charge in [-0.3, -0.25) is 0 Å². The standard InChI is InChI=1S/C16H14FNO3S/c1-19-12-6-9(7-13(20-2)15(12)21-3)16-18-11-8-10(17)4-5-14(11)22-16/h4-8H,1-3H3. The summed E-state index contributed by atoms with van der Waals surface area (Å²) in [6, 6.07) is 8.24. The predicted molar refractivity (Wildman–Crippen MR) is 84.7 cm³/mol. The van der Waals surface area contributed by atoms with Crippen LogP contribution in [0.25, 0.3) is 20.8 Å². The van der Waals surface area contributed by atoms with Crippen molar-refractivity contribution in [2.24, 2.45) is 0 Å². The first-order valence-corrected chi connectivity index (χ1v) is 7.34. The van der Waals surface area contributed by atoms with Crippen molar-refractivity contribution >= 4 is 21.6 Å². The van der Waals surface area contributed by atoms with Gasteiger partial charge in [0, 0.05) is 11.6 Å². The minimum Gasteiger partial charge on any atom is -0.493 e. The zero-order valence-corrected chi connectivity index (χ0v) is 13.2. The normalized spacial score (nSPS) is 10.7. The van der Waals surface area contributed by atoms with Gasteiger partial charge in [0.05, 0.1) is 31.5 Å². The molecule has 0 saturated heterocycles. The van der Waals surface area contributed by atoms with E-state index in [0.717, 1.165) is 15.3 Å². The Bertz CT molecular complexity index is 806. The van der Waals surface area contributed by atoms with Gasteiger partial charge in [-0.25, -0.2) is 9.37 Å². The molecule has 0 fully saturated rings. The van der Waals surface area contributed by atoms with Crippen molar-refractivity contribution in [1.82, 2.24) is 4.98 Å². The van der Waals surface area contributed by atoms with Gasteiger partial charge < -0.3 is 14.2 Å². The Balaban J connectivity index is 2.17. The van der Waals surface area contributed by atoms with Crippen LogP contribution in [0.5, 0.6) is 17.2 Å². The highest BCUT2D eigenvalue weighted by atomic mass is 32.1. The Morgan fingerprint density at radius 1 is 0.955 bits per heavy atom. The van der Waals surface area contributed by atoms with Crippen LogP contribution < -0.4 is 14.2 Å². The van der Waals surface area contributed by atoms with Crippen LogP contribution in [-0.4, -0.2) is 26.3 Å². The van der Waals surface area contributed by atoms with Gasteiger partial charge in [0.25, 0.3) is 0 Å². The number of benzene rings is 2. The van der Waals surface area contributed by atoms with Crippen molar-refractivity contribution in [3.63, 3.8) is 0 Å². The lowest BCUT2D eigenvalue weighted by Gasteiger charge is -2.13. The largest absolute Gasteiger partial charge is 0.493 e. The summed E-state index contributed by atoms with van der Waals surface area (Å²) in [5, 5.41) is 0.764. The van der Waals surface area contributed by atoms with Crippen LogP contribution in [0.2, 0.25) is 0 Å². The summed E-state index contributed by atoms with van der Waals surface area (Å²) in [6.45, 7) is 0. The molecule has 2 aromatic carbocycles. The molecular formula is C16H14FNO3S. The van der Waals surface area contributed by atoms with E-state index in [2.05, 4.69) is 4.98 Å². The lowest BCUT2D eigenvalue weighted by molar-refractivity contribution is 0.324. The van der Waals surface area contributed by atoms with Gasteiger partial charge in [-0.05, 0) is 24.3 Å². The summed E-state index contributed by atoms with van der Waals surface area (Å²) in [5.41, 5.74) is 1.46. The number of rotatable bonds is 4. The van der Waals surface area contributed by atoms with E-state index in [4.69, 9.17) is 14.2 Å². The van der Waals surface area contributed by atoms with Gasteiger partial charge in [0.2, 0.25) is 5.75 Å². The molecule has 0 unspecified atom stereocenters. The fourth-order valence-electron chi connectivity index (χ4n) is 2.23. The highest BCUT2D eigenvalue weighted by Gasteiger charge is 2.16. The zero-order valence-electron chi connectivity index (χ0n) is 12.3.